The van der Waals surface area contributed by atoms with Crippen molar-refractivity contribution in [3.63, 3.8) is 0 Å². The summed E-state index contributed by atoms with van der Waals surface area (Å²) in [5, 5.41) is 0. The molecule has 0 N–H and O–H groups in total. The van der Waals surface area contributed by atoms with Crippen molar-refractivity contribution >= 4 is 23.3 Å². The summed E-state index contributed by atoms with van der Waals surface area (Å²) in [5.74, 6) is -1.09. The summed E-state index contributed by atoms with van der Waals surface area (Å²) in [6, 6.07) is 5.83. The number of nitrogens with zero attached hydrogens (tertiary/aromatic N) is 1. The number of rotatable bonds is 4. The number of carbonyl (C=O) groups is 3. The second-order valence-electron chi connectivity index (χ2n) is 4.85. The van der Waals surface area contributed by atoms with Crippen LogP contribution in [-0.4, -0.2) is 37.9 Å². The predicted octanol–water partition coefficient (Wildman–Crippen LogP) is 1.18. The van der Waals surface area contributed by atoms with Gasteiger partial charge < -0.3 is 9.47 Å². The Balaban J connectivity index is 2.40. The Labute approximate surface area is 122 Å². The van der Waals surface area contributed by atoms with Crippen molar-refractivity contribution in [1.29, 1.82) is 0 Å². The normalized spacial score (nSPS) is 21.3. The topological polar surface area (TPSA) is 72.9 Å². The molecule has 6 nitrogen and oxygen atoms in total. The molecule has 112 valence electrons. The molecule has 0 radical (unpaired) electrons. The van der Waals surface area contributed by atoms with E-state index in [0.717, 1.165) is 0 Å². The summed E-state index contributed by atoms with van der Waals surface area (Å²) in [6.45, 7) is 1.38. The molecule has 1 aliphatic heterocycles. The number of methoxy groups -OCH3 is 2. The lowest BCUT2D eigenvalue weighted by molar-refractivity contribution is -0.144. The van der Waals surface area contributed by atoms with Crippen molar-refractivity contribution in [2.75, 3.05) is 19.1 Å². The number of esters is 1. The van der Waals surface area contributed by atoms with Crippen molar-refractivity contribution in [3.05, 3.63) is 24.3 Å². The third kappa shape index (κ3) is 2.74. The molecule has 1 heterocycles. The van der Waals surface area contributed by atoms with Crippen LogP contribution < -0.4 is 9.64 Å². The second-order valence-corrected chi connectivity index (χ2v) is 4.85. The van der Waals surface area contributed by atoms with Crippen LogP contribution in [0.2, 0.25) is 0 Å². The molecule has 0 saturated carbocycles. The zero-order chi connectivity index (χ0) is 15.6. The SMILES string of the molecule is COC(=O)C1C(C(C)=O)CC(=O)N1c1ccc(OC)cc1. The van der Waals surface area contributed by atoms with Gasteiger partial charge in [0.1, 0.15) is 17.6 Å². The van der Waals surface area contributed by atoms with Gasteiger partial charge in [0.25, 0.3) is 0 Å². The fourth-order valence-electron chi connectivity index (χ4n) is 2.54. The molecule has 6 heteroatoms. The minimum atomic E-state index is -0.909. The minimum Gasteiger partial charge on any atom is -0.497 e. The number of amides is 1. The van der Waals surface area contributed by atoms with Crippen molar-refractivity contribution in [1.82, 2.24) is 0 Å². The summed E-state index contributed by atoms with van der Waals surface area (Å²) >= 11 is 0. The number of benzene rings is 1. The molecule has 1 aliphatic rings. The molecule has 0 spiro atoms. The molecular weight excluding hydrogens is 274 g/mol. The molecule has 2 rings (SSSR count). The summed E-state index contributed by atoms with van der Waals surface area (Å²) < 4.78 is 9.81. The van der Waals surface area contributed by atoms with Gasteiger partial charge in [-0.3, -0.25) is 14.5 Å². The molecule has 1 aromatic rings. The zero-order valence-corrected chi connectivity index (χ0v) is 12.2. The van der Waals surface area contributed by atoms with E-state index in [1.54, 1.807) is 31.4 Å². The Morgan fingerprint density at radius 3 is 2.29 bits per heavy atom. The lowest BCUT2D eigenvalue weighted by atomic mass is 9.96. The Morgan fingerprint density at radius 1 is 1.19 bits per heavy atom. The average Bonchev–Trinajstić information content (AvgIpc) is 2.84. The Hall–Kier alpha value is -2.37. The van der Waals surface area contributed by atoms with Crippen molar-refractivity contribution in [3.8, 4) is 5.75 Å². The summed E-state index contributed by atoms with van der Waals surface area (Å²) in [6.07, 6.45) is 0.0150. The highest BCUT2D eigenvalue weighted by Gasteiger charge is 2.47. The third-order valence-electron chi connectivity index (χ3n) is 3.64. The average molecular weight is 291 g/mol. The molecule has 1 saturated heterocycles. The van der Waals surface area contributed by atoms with E-state index in [2.05, 4.69) is 0 Å². The number of hydrogen-bond acceptors (Lipinski definition) is 5. The maximum atomic E-state index is 12.2. The maximum Gasteiger partial charge on any atom is 0.329 e. The van der Waals surface area contributed by atoms with Gasteiger partial charge in [-0.15, -0.1) is 0 Å². The van der Waals surface area contributed by atoms with E-state index in [1.807, 2.05) is 0 Å². The monoisotopic (exact) mass is 291 g/mol. The summed E-state index contributed by atoms with van der Waals surface area (Å²) in [7, 11) is 2.79. The highest BCUT2D eigenvalue weighted by atomic mass is 16.5. The van der Waals surface area contributed by atoms with Gasteiger partial charge in [-0.1, -0.05) is 0 Å². The molecule has 2 atom stereocenters. The second kappa shape index (κ2) is 5.95. The maximum absolute atomic E-state index is 12.2. The first-order valence-corrected chi connectivity index (χ1v) is 6.54. The largest absolute Gasteiger partial charge is 0.497 e. The first kappa shape index (κ1) is 15.0. The van der Waals surface area contributed by atoms with Crippen LogP contribution in [0, 0.1) is 5.92 Å². The minimum absolute atomic E-state index is 0.0150. The van der Waals surface area contributed by atoms with Crippen LogP contribution in [0.15, 0.2) is 24.3 Å². The van der Waals surface area contributed by atoms with Crippen molar-refractivity contribution in [2.24, 2.45) is 5.92 Å². The first-order valence-electron chi connectivity index (χ1n) is 6.54. The first-order chi connectivity index (χ1) is 9.99. The number of anilines is 1. The van der Waals surface area contributed by atoms with Gasteiger partial charge in [-0.2, -0.15) is 0 Å². The van der Waals surface area contributed by atoms with E-state index in [9.17, 15) is 14.4 Å². The molecule has 1 amide bonds. The zero-order valence-electron chi connectivity index (χ0n) is 12.2. The number of ketones is 1. The molecule has 0 aliphatic carbocycles. The number of carbonyl (C=O) groups excluding carboxylic acids is 3. The fraction of sp³-hybridized carbons (Fsp3) is 0.400. The Bertz CT molecular complexity index is 566. The van der Waals surface area contributed by atoms with Crippen molar-refractivity contribution in [2.45, 2.75) is 19.4 Å². The van der Waals surface area contributed by atoms with Crippen LogP contribution in [0.1, 0.15) is 13.3 Å². The van der Waals surface area contributed by atoms with E-state index in [4.69, 9.17) is 9.47 Å². The highest BCUT2D eigenvalue weighted by molar-refractivity contribution is 6.07. The molecule has 2 unspecified atom stereocenters. The smallest absolute Gasteiger partial charge is 0.329 e. The number of Topliss-reactive ketones (excluding diaryl/α,β-unsaturated/α-hetero) is 1. The van der Waals surface area contributed by atoms with Crippen LogP contribution in [0.5, 0.6) is 5.75 Å². The highest BCUT2D eigenvalue weighted by Crippen LogP contribution is 2.33. The van der Waals surface area contributed by atoms with Gasteiger partial charge in [0.15, 0.2) is 0 Å². The van der Waals surface area contributed by atoms with E-state index >= 15 is 0 Å². The Morgan fingerprint density at radius 2 is 1.81 bits per heavy atom. The number of ether oxygens (including phenoxy) is 2. The van der Waals surface area contributed by atoms with Gasteiger partial charge in [0.05, 0.1) is 20.1 Å². The van der Waals surface area contributed by atoms with Gasteiger partial charge in [0.2, 0.25) is 5.91 Å². The van der Waals surface area contributed by atoms with E-state index in [0.29, 0.717) is 11.4 Å². The van der Waals surface area contributed by atoms with Crippen LogP contribution >= 0.6 is 0 Å². The molecular formula is C15H17NO5. The molecule has 1 aromatic carbocycles. The fourth-order valence-corrected chi connectivity index (χ4v) is 2.54. The lowest BCUT2D eigenvalue weighted by Crippen LogP contribution is -2.43. The predicted molar refractivity (Wildman–Crippen MR) is 75.1 cm³/mol. The Kier molecular flexibility index (Phi) is 4.26. The van der Waals surface area contributed by atoms with Crippen LogP contribution in [0.3, 0.4) is 0 Å². The van der Waals surface area contributed by atoms with Gasteiger partial charge in [-0.05, 0) is 31.2 Å². The van der Waals surface area contributed by atoms with Crippen molar-refractivity contribution < 1.29 is 23.9 Å². The van der Waals surface area contributed by atoms with E-state index in [-0.39, 0.29) is 18.1 Å². The quantitative estimate of drug-likeness (QED) is 0.779. The lowest BCUT2D eigenvalue weighted by Gasteiger charge is -2.25. The molecule has 0 aromatic heterocycles. The van der Waals surface area contributed by atoms with E-state index in [1.165, 1.54) is 18.9 Å². The molecule has 21 heavy (non-hydrogen) atoms. The third-order valence-corrected chi connectivity index (χ3v) is 3.64. The summed E-state index contributed by atoms with van der Waals surface area (Å²) in [4.78, 5) is 37.2. The van der Waals surface area contributed by atoms with Crippen LogP contribution in [0.25, 0.3) is 0 Å². The molecule has 0 bridgehead atoms. The van der Waals surface area contributed by atoms with Crippen LogP contribution in [-0.2, 0) is 19.1 Å². The molecule has 1 fully saturated rings. The number of hydrogen-bond donors (Lipinski definition) is 0. The summed E-state index contributed by atoms with van der Waals surface area (Å²) in [5.41, 5.74) is 0.542. The van der Waals surface area contributed by atoms with Crippen LogP contribution in [0.4, 0.5) is 5.69 Å². The van der Waals surface area contributed by atoms with E-state index < -0.39 is 17.9 Å². The standard InChI is InChI=1S/C15H17NO5/c1-9(17)12-8-13(18)16(14(12)15(19)21-3)10-4-6-11(20-2)7-5-10/h4-7,12,14H,8H2,1-3H3. The van der Waals surface area contributed by atoms with Gasteiger partial charge in [0, 0.05) is 12.1 Å². The van der Waals surface area contributed by atoms with Gasteiger partial charge >= 0.3 is 5.97 Å². The van der Waals surface area contributed by atoms with Gasteiger partial charge in [-0.25, -0.2) is 4.79 Å².